The normalized spacial score (nSPS) is 25.1. The minimum Gasteiger partial charge on any atom is -0.790 e. The van der Waals surface area contributed by atoms with Crippen LogP contribution < -0.4 is 73.8 Å². The summed E-state index contributed by atoms with van der Waals surface area (Å²) in [6.45, 7) is -0.705. The van der Waals surface area contributed by atoms with Crippen LogP contribution in [0.3, 0.4) is 0 Å². The van der Waals surface area contributed by atoms with Crippen LogP contribution in [0, 0.1) is 0 Å². The Morgan fingerprint density at radius 1 is 1.26 bits per heavy atom. The van der Waals surface area contributed by atoms with Crippen molar-refractivity contribution in [1.29, 1.82) is 0 Å². The molecule has 0 bridgehead atoms. The summed E-state index contributed by atoms with van der Waals surface area (Å²) in [6.07, 6.45) is -2.47. The van der Waals surface area contributed by atoms with Gasteiger partial charge >= 0.3 is 59.1 Å². The second kappa shape index (κ2) is 9.90. The summed E-state index contributed by atoms with van der Waals surface area (Å²) >= 11 is 0. The van der Waals surface area contributed by atoms with Gasteiger partial charge in [-0.15, -0.1) is 0 Å². The van der Waals surface area contributed by atoms with Gasteiger partial charge in [0, 0.05) is 14.1 Å². The largest absolute Gasteiger partial charge is 1.00 e. The van der Waals surface area contributed by atoms with Crippen LogP contribution in [0.25, 0.3) is 11.2 Å². The number of aliphatic hydroxyl groups excluding tert-OH is 2. The fourth-order valence-electron chi connectivity index (χ4n) is 2.61. The van der Waals surface area contributed by atoms with Crippen LogP contribution in [0.1, 0.15) is 6.23 Å². The summed E-state index contributed by atoms with van der Waals surface area (Å²) in [5.41, 5.74) is 0.816. The van der Waals surface area contributed by atoms with Crippen molar-refractivity contribution >= 4 is 24.8 Å². The Balaban J connectivity index is 0.00000182. The predicted octanol–water partition coefficient (Wildman–Crippen LogP) is -8.64. The summed E-state index contributed by atoms with van der Waals surface area (Å²) in [7, 11) is -1.66. The Labute approximate surface area is 198 Å². The van der Waals surface area contributed by atoms with E-state index in [-0.39, 0.29) is 59.1 Å². The van der Waals surface area contributed by atoms with Crippen LogP contribution in [-0.2, 0) is 13.8 Å². The Morgan fingerprint density at radius 3 is 2.52 bits per heavy atom. The van der Waals surface area contributed by atoms with Crippen molar-refractivity contribution in [3.63, 3.8) is 0 Å². The second-order valence-electron chi connectivity index (χ2n) is 5.71. The Morgan fingerprint density at radius 2 is 1.93 bits per heavy atom. The van der Waals surface area contributed by atoms with Crippen molar-refractivity contribution in [2.24, 2.45) is 0 Å². The minimum absolute atomic E-state index is 0. The molecule has 0 unspecified atom stereocenters. The van der Waals surface area contributed by atoms with Crippen molar-refractivity contribution < 1.29 is 92.9 Å². The molecule has 4 atom stereocenters. The van der Waals surface area contributed by atoms with E-state index in [1.54, 1.807) is 19.0 Å². The standard InChI is InChI=1S/C12H18N5O7P.2Na/c1-16(2)10-7-11(14-4-13-10)17(5-15-7)12-9(19)8(18)6(24-12)3-23-25(20,21)22;;/h4-6,8-9,12,18-19H,3H2,1-2H3,(H2,20,21,22);;/q;2*+1/p-2/t6-,8-,9-,12-;;/m1../s1. The van der Waals surface area contributed by atoms with Gasteiger partial charge < -0.3 is 38.7 Å². The first-order valence-corrected chi connectivity index (χ1v) is 8.68. The number of hydrogen-bond acceptors (Lipinski definition) is 11. The van der Waals surface area contributed by atoms with Gasteiger partial charge in [-0.1, -0.05) is 0 Å². The zero-order chi connectivity index (χ0) is 18.4. The first-order chi connectivity index (χ1) is 11.7. The van der Waals surface area contributed by atoms with E-state index >= 15 is 0 Å². The van der Waals surface area contributed by atoms with Crippen LogP contribution in [0.4, 0.5) is 5.82 Å². The Bertz CT molecular complexity index is 819. The first kappa shape index (κ1) is 25.4. The molecule has 15 heteroatoms. The maximum atomic E-state index is 10.6. The Hall–Kier alpha value is 0.340. The molecular weight excluding hydrogens is 403 g/mol. The molecule has 2 aromatic heterocycles. The molecule has 3 rings (SSSR count). The molecule has 2 aromatic rings. The summed E-state index contributed by atoms with van der Waals surface area (Å²) in [5.74, 6) is 0.551. The number of fused-ring (bicyclic) bond motifs is 1. The topological polar surface area (TPSA) is 169 Å². The van der Waals surface area contributed by atoms with E-state index in [4.69, 9.17) is 4.74 Å². The molecule has 0 saturated carbocycles. The maximum absolute atomic E-state index is 10.6. The van der Waals surface area contributed by atoms with E-state index in [0.717, 1.165) is 0 Å². The summed E-state index contributed by atoms with van der Waals surface area (Å²) < 4.78 is 21.6. The molecule has 27 heavy (non-hydrogen) atoms. The quantitative estimate of drug-likeness (QED) is 0.349. The fourth-order valence-corrected chi connectivity index (χ4v) is 2.94. The third-order valence-corrected chi connectivity index (χ3v) is 4.24. The number of imidazole rings is 1. The average molecular weight is 419 g/mol. The second-order valence-corrected chi connectivity index (χ2v) is 6.86. The molecule has 0 aliphatic carbocycles. The monoisotopic (exact) mass is 419 g/mol. The van der Waals surface area contributed by atoms with Crippen molar-refractivity contribution in [1.82, 2.24) is 19.5 Å². The molecule has 1 fully saturated rings. The number of aliphatic hydroxyl groups is 2. The van der Waals surface area contributed by atoms with Crippen LogP contribution >= 0.6 is 7.82 Å². The predicted molar refractivity (Wildman–Crippen MR) is 79.1 cm³/mol. The molecule has 138 valence electrons. The molecule has 2 N–H and O–H groups in total. The van der Waals surface area contributed by atoms with Gasteiger partial charge in [0.05, 0.1) is 20.8 Å². The number of hydrogen-bond donors (Lipinski definition) is 2. The van der Waals surface area contributed by atoms with Gasteiger partial charge in [-0.05, 0) is 0 Å². The number of anilines is 1. The van der Waals surface area contributed by atoms with Gasteiger partial charge in [0.15, 0.2) is 23.2 Å². The molecular formula is C12H16N5Na2O7P. The van der Waals surface area contributed by atoms with Crippen molar-refractivity contribution in [3.05, 3.63) is 12.7 Å². The van der Waals surface area contributed by atoms with Crippen molar-refractivity contribution in [2.75, 3.05) is 25.6 Å². The molecule has 1 saturated heterocycles. The van der Waals surface area contributed by atoms with Gasteiger partial charge in [-0.3, -0.25) is 4.57 Å². The molecule has 12 nitrogen and oxygen atoms in total. The van der Waals surface area contributed by atoms with Gasteiger partial charge in [0.25, 0.3) is 0 Å². The van der Waals surface area contributed by atoms with Gasteiger partial charge in [0.2, 0.25) is 0 Å². The molecule has 1 aliphatic rings. The molecule has 0 radical (unpaired) electrons. The minimum atomic E-state index is -5.22. The zero-order valence-electron chi connectivity index (χ0n) is 15.3. The SMILES string of the molecule is CN(C)c1ncnc2c1ncn2[C@@H]1O[C@H](COP(=O)([O-])[O-])[C@@H](O)[C@H]1O.[Na+].[Na+]. The third-order valence-electron chi connectivity index (χ3n) is 3.77. The molecule has 0 amide bonds. The van der Waals surface area contributed by atoms with Gasteiger partial charge in [-0.2, -0.15) is 0 Å². The summed E-state index contributed by atoms with van der Waals surface area (Å²) in [5, 5.41) is 20.2. The van der Waals surface area contributed by atoms with E-state index in [1.807, 2.05) is 0 Å². The first-order valence-electron chi connectivity index (χ1n) is 7.22. The smallest absolute Gasteiger partial charge is 0.790 e. The van der Waals surface area contributed by atoms with Crippen LogP contribution in [0.2, 0.25) is 0 Å². The van der Waals surface area contributed by atoms with Crippen molar-refractivity contribution in [3.8, 4) is 0 Å². The molecule has 3 heterocycles. The fraction of sp³-hybridized carbons (Fsp3) is 0.583. The number of rotatable bonds is 5. The molecule has 1 aliphatic heterocycles. The van der Waals surface area contributed by atoms with Crippen LogP contribution in [0.15, 0.2) is 12.7 Å². The van der Waals surface area contributed by atoms with Crippen LogP contribution in [0.5, 0.6) is 0 Å². The van der Waals surface area contributed by atoms with Gasteiger partial charge in [0.1, 0.15) is 24.6 Å². The van der Waals surface area contributed by atoms with E-state index < -0.39 is 39.0 Å². The average Bonchev–Trinajstić information content (AvgIpc) is 3.07. The number of ether oxygens (including phenoxy) is 1. The van der Waals surface area contributed by atoms with Crippen LogP contribution in [-0.4, -0.2) is 68.7 Å². The Kier molecular flexibility index (Phi) is 9.30. The number of phosphoric acid groups is 1. The van der Waals surface area contributed by atoms with E-state index in [0.29, 0.717) is 17.0 Å². The number of nitrogens with zero attached hydrogens (tertiary/aromatic N) is 5. The molecule has 0 spiro atoms. The maximum Gasteiger partial charge on any atom is 1.00 e. The molecule has 0 aromatic carbocycles. The number of phosphoric ester groups is 1. The van der Waals surface area contributed by atoms with E-state index in [9.17, 15) is 24.6 Å². The van der Waals surface area contributed by atoms with E-state index in [2.05, 4.69) is 19.5 Å². The van der Waals surface area contributed by atoms with Gasteiger partial charge in [-0.25, -0.2) is 15.0 Å². The number of aromatic nitrogens is 4. The summed E-state index contributed by atoms with van der Waals surface area (Å²) in [4.78, 5) is 35.3. The van der Waals surface area contributed by atoms with Crippen molar-refractivity contribution in [2.45, 2.75) is 24.5 Å². The zero-order valence-corrected chi connectivity index (χ0v) is 20.2. The third kappa shape index (κ3) is 5.48. The van der Waals surface area contributed by atoms with E-state index in [1.165, 1.54) is 17.2 Å². The summed E-state index contributed by atoms with van der Waals surface area (Å²) in [6, 6.07) is 0.